The normalized spacial score (nSPS) is 11.6. The molecule has 0 spiro atoms. The molecule has 0 saturated heterocycles. The molecule has 0 aliphatic carbocycles. The highest BCUT2D eigenvalue weighted by atomic mass is 79.9. The minimum atomic E-state index is -1.11. The van der Waals surface area contributed by atoms with E-state index in [1.54, 1.807) is 24.3 Å². The maximum absolute atomic E-state index is 12.1. The Morgan fingerprint density at radius 2 is 2.00 bits per heavy atom. The minimum absolute atomic E-state index is 0.303. The lowest BCUT2D eigenvalue weighted by Crippen LogP contribution is -2.09. The molecule has 0 radical (unpaired) electrons. The molecule has 2 aromatic rings. The number of hydrogen-bond acceptors (Lipinski definition) is 3. The number of nitriles is 1. The zero-order chi connectivity index (χ0) is 14.4. The maximum Gasteiger partial charge on any atom is 0.137 e. The molecule has 20 heavy (non-hydrogen) atoms. The van der Waals surface area contributed by atoms with Gasteiger partial charge in [-0.3, -0.25) is 4.21 Å². The number of rotatable bonds is 5. The largest absolute Gasteiger partial charge is 0.491 e. The van der Waals surface area contributed by atoms with E-state index < -0.39 is 10.8 Å². The predicted molar refractivity (Wildman–Crippen MR) is 82.1 cm³/mol. The minimum Gasteiger partial charge on any atom is -0.491 e. The zero-order valence-electron chi connectivity index (χ0n) is 10.6. The van der Waals surface area contributed by atoms with Gasteiger partial charge in [0.05, 0.1) is 22.1 Å². The van der Waals surface area contributed by atoms with Crippen molar-refractivity contribution >= 4 is 26.7 Å². The van der Waals surface area contributed by atoms with Gasteiger partial charge in [-0.1, -0.05) is 34.1 Å². The van der Waals surface area contributed by atoms with Crippen LogP contribution < -0.4 is 4.74 Å². The molecule has 0 aromatic heterocycles. The average molecular weight is 350 g/mol. The van der Waals surface area contributed by atoms with Crippen LogP contribution in [0.1, 0.15) is 5.56 Å². The molecule has 5 heteroatoms. The van der Waals surface area contributed by atoms with Crippen molar-refractivity contribution in [2.45, 2.75) is 4.90 Å². The molecule has 0 aliphatic heterocycles. The van der Waals surface area contributed by atoms with Gasteiger partial charge in [0.25, 0.3) is 0 Å². The second kappa shape index (κ2) is 7.22. The lowest BCUT2D eigenvalue weighted by atomic mass is 10.2. The molecule has 102 valence electrons. The quantitative estimate of drug-likeness (QED) is 0.829. The van der Waals surface area contributed by atoms with E-state index in [0.29, 0.717) is 23.7 Å². The molecule has 2 rings (SSSR count). The number of hydrogen-bond donors (Lipinski definition) is 0. The van der Waals surface area contributed by atoms with Gasteiger partial charge in [-0.25, -0.2) is 0 Å². The van der Waals surface area contributed by atoms with Crippen molar-refractivity contribution in [3.05, 3.63) is 58.6 Å². The molecule has 3 nitrogen and oxygen atoms in total. The van der Waals surface area contributed by atoms with Gasteiger partial charge in [0, 0.05) is 9.37 Å². The summed E-state index contributed by atoms with van der Waals surface area (Å²) in [6.45, 7) is 0.303. The van der Waals surface area contributed by atoms with Crippen LogP contribution in [0.25, 0.3) is 0 Å². The first kappa shape index (κ1) is 14.8. The van der Waals surface area contributed by atoms with Gasteiger partial charge in [-0.15, -0.1) is 0 Å². The standard InChI is InChI=1S/C15H12BrNO2S/c16-13-5-3-6-14(10-13)20(18)9-8-19-15-7-2-1-4-12(15)11-17/h1-7,10H,8-9H2. The molecule has 0 aliphatic rings. The van der Waals surface area contributed by atoms with Gasteiger partial charge >= 0.3 is 0 Å². The van der Waals surface area contributed by atoms with E-state index in [-0.39, 0.29) is 0 Å². The molecule has 0 bridgehead atoms. The van der Waals surface area contributed by atoms with Gasteiger partial charge in [-0.05, 0) is 30.3 Å². The Morgan fingerprint density at radius 1 is 1.20 bits per heavy atom. The van der Waals surface area contributed by atoms with Crippen molar-refractivity contribution in [3.63, 3.8) is 0 Å². The fraction of sp³-hybridized carbons (Fsp3) is 0.133. The highest BCUT2D eigenvalue weighted by Gasteiger charge is 2.06. The fourth-order valence-corrected chi connectivity index (χ4v) is 3.15. The number of nitrogens with zero attached hydrogens (tertiary/aromatic N) is 1. The van der Waals surface area contributed by atoms with Crippen LogP contribution in [-0.2, 0) is 10.8 Å². The first-order valence-electron chi connectivity index (χ1n) is 5.96. The summed E-state index contributed by atoms with van der Waals surface area (Å²) in [5.74, 6) is 0.914. The third kappa shape index (κ3) is 3.92. The number of benzene rings is 2. The Kier molecular flexibility index (Phi) is 5.33. The summed E-state index contributed by atoms with van der Waals surface area (Å²) in [6, 6.07) is 16.5. The van der Waals surface area contributed by atoms with Crippen molar-refractivity contribution in [2.24, 2.45) is 0 Å². The molecular weight excluding hydrogens is 338 g/mol. The van der Waals surface area contributed by atoms with Crippen LogP contribution in [0.5, 0.6) is 5.75 Å². The topological polar surface area (TPSA) is 50.1 Å². The van der Waals surface area contributed by atoms with Gasteiger partial charge in [0.2, 0.25) is 0 Å². The summed E-state index contributed by atoms with van der Waals surface area (Å²) in [5, 5.41) is 8.94. The Labute approximate surface area is 128 Å². The SMILES string of the molecule is N#Cc1ccccc1OCCS(=O)c1cccc(Br)c1. The van der Waals surface area contributed by atoms with E-state index in [1.807, 2.05) is 24.3 Å². The molecular formula is C15H12BrNO2S. The monoisotopic (exact) mass is 349 g/mol. The average Bonchev–Trinajstić information content (AvgIpc) is 2.47. The summed E-state index contributed by atoms with van der Waals surface area (Å²) >= 11 is 3.35. The second-order valence-corrected chi connectivity index (χ2v) is 6.45. The summed E-state index contributed by atoms with van der Waals surface area (Å²) < 4.78 is 18.5. The van der Waals surface area contributed by atoms with Gasteiger partial charge in [0.15, 0.2) is 0 Å². The maximum atomic E-state index is 12.1. The predicted octanol–water partition coefficient (Wildman–Crippen LogP) is 3.51. The van der Waals surface area contributed by atoms with Crippen LogP contribution in [0.2, 0.25) is 0 Å². The molecule has 0 fully saturated rings. The third-order valence-electron chi connectivity index (χ3n) is 2.59. The van der Waals surface area contributed by atoms with E-state index in [0.717, 1.165) is 9.37 Å². The molecule has 1 unspecified atom stereocenters. The highest BCUT2D eigenvalue weighted by Crippen LogP contribution is 2.17. The fourth-order valence-electron chi connectivity index (χ4n) is 1.64. The molecule has 0 amide bonds. The van der Waals surface area contributed by atoms with Crippen molar-refractivity contribution in [1.82, 2.24) is 0 Å². The summed E-state index contributed by atoms with van der Waals surface area (Å²) in [7, 11) is -1.11. The van der Waals surface area contributed by atoms with E-state index in [2.05, 4.69) is 22.0 Å². The summed E-state index contributed by atoms with van der Waals surface area (Å²) in [6.07, 6.45) is 0. The van der Waals surface area contributed by atoms with Crippen LogP contribution in [0, 0.1) is 11.3 Å². The van der Waals surface area contributed by atoms with Crippen LogP contribution in [0.3, 0.4) is 0 Å². The third-order valence-corrected chi connectivity index (χ3v) is 4.40. The Morgan fingerprint density at radius 3 is 2.75 bits per heavy atom. The van der Waals surface area contributed by atoms with Crippen molar-refractivity contribution in [1.29, 1.82) is 5.26 Å². The smallest absolute Gasteiger partial charge is 0.137 e. The van der Waals surface area contributed by atoms with Crippen molar-refractivity contribution in [2.75, 3.05) is 12.4 Å². The van der Waals surface area contributed by atoms with E-state index in [4.69, 9.17) is 10.00 Å². The molecule has 2 aromatic carbocycles. The van der Waals surface area contributed by atoms with E-state index in [1.165, 1.54) is 0 Å². The van der Waals surface area contributed by atoms with Crippen LogP contribution >= 0.6 is 15.9 Å². The molecule has 0 saturated carbocycles. The number of ether oxygens (including phenoxy) is 1. The molecule has 1 atom stereocenters. The number of para-hydroxylation sites is 1. The second-order valence-electron chi connectivity index (χ2n) is 3.96. The van der Waals surface area contributed by atoms with Crippen molar-refractivity contribution < 1.29 is 8.95 Å². The first-order chi connectivity index (χ1) is 9.70. The van der Waals surface area contributed by atoms with Crippen molar-refractivity contribution in [3.8, 4) is 11.8 Å². The van der Waals surface area contributed by atoms with E-state index >= 15 is 0 Å². The zero-order valence-corrected chi connectivity index (χ0v) is 13.0. The van der Waals surface area contributed by atoms with E-state index in [9.17, 15) is 4.21 Å². The van der Waals surface area contributed by atoms with Gasteiger partial charge in [-0.2, -0.15) is 5.26 Å². The first-order valence-corrected chi connectivity index (χ1v) is 8.08. The summed E-state index contributed by atoms with van der Waals surface area (Å²) in [4.78, 5) is 0.761. The summed E-state index contributed by atoms with van der Waals surface area (Å²) in [5.41, 5.74) is 0.487. The Hall–Kier alpha value is -1.64. The Bertz CT molecular complexity index is 667. The van der Waals surface area contributed by atoms with Gasteiger partial charge < -0.3 is 4.74 Å². The van der Waals surface area contributed by atoms with Crippen LogP contribution in [-0.4, -0.2) is 16.6 Å². The van der Waals surface area contributed by atoms with Crippen LogP contribution in [0.4, 0.5) is 0 Å². The lowest BCUT2D eigenvalue weighted by Gasteiger charge is -2.07. The Balaban J connectivity index is 1.93. The van der Waals surface area contributed by atoms with Gasteiger partial charge in [0.1, 0.15) is 18.4 Å². The molecule has 0 heterocycles. The lowest BCUT2D eigenvalue weighted by molar-refractivity contribution is 0.341. The van der Waals surface area contributed by atoms with Crippen LogP contribution in [0.15, 0.2) is 57.9 Å². The molecule has 0 N–H and O–H groups in total. The highest BCUT2D eigenvalue weighted by molar-refractivity contribution is 9.10. The number of halogens is 1.